The molecule has 0 aliphatic heterocycles. The van der Waals surface area contributed by atoms with Crippen LogP contribution in [0.2, 0.25) is 0 Å². The number of rotatable bonds is 6. The predicted molar refractivity (Wildman–Crippen MR) is 78.1 cm³/mol. The number of carbonyl (C=O) groups excluding carboxylic acids is 6. The molecule has 180 valence electrons. The summed E-state index contributed by atoms with van der Waals surface area (Å²) in [6.45, 7) is 2.64. The Labute approximate surface area is 181 Å². The first-order valence-corrected chi connectivity index (χ1v) is 6.91. The number of carbonyl (C=O) groups is 6. The van der Waals surface area contributed by atoms with Crippen molar-refractivity contribution in [3.05, 3.63) is 19.3 Å². The smallest absolute Gasteiger partial charge is 0.334 e. The second-order valence-electron chi connectivity index (χ2n) is 4.85. The van der Waals surface area contributed by atoms with Crippen molar-refractivity contribution in [2.24, 2.45) is 0 Å². The van der Waals surface area contributed by atoms with Crippen molar-refractivity contribution in [3.8, 4) is 0 Å². The van der Waals surface area contributed by atoms with Crippen molar-refractivity contribution >= 4 is 34.7 Å². The fourth-order valence-corrected chi connectivity index (χ4v) is 0.799. The van der Waals surface area contributed by atoms with E-state index in [2.05, 4.69) is 0 Å². The molecule has 0 spiro atoms. The van der Waals surface area contributed by atoms with Gasteiger partial charge in [-0.3, -0.25) is 19.3 Å². The van der Waals surface area contributed by atoms with Crippen LogP contribution in [0, 0.1) is 19.3 Å². The summed E-state index contributed by atoms with van der Waals surface area (Å²) in [5.41, 5.74) is 0. The summed E-state index contributed by atoms with van der Waals surface area (Å²) in [5.74, 6) is -9.04. The monoisotopic (exact) mass is 562 g/mol. The number of alkyl halides is 9. The van der Waals surface area contributed by atoms with Gasteiger partial charge >= 0.3 is 38.0 Å². The van der Waals surface area contributed by atoms with E-state index in [1.54, 1.807) is 0 Å². The van der Waals surface area contributed by atoms with Gasteiger partial charge in [-0.1, -0.05) is 0 Å². The van der Waals surface area contributed by atoms with Crippen molar-refractivity contribution in [2.75, 3.05) is 0 Å². The van der Waals surface area contributed by atoms with E-state index >= 15 is 0 Å². The second-order valence-corrected chi connectivity index (χ2v) is 4.85. The summed E-state index contributed by atoms with van der Waals surface area (Å²) in [7, 11) is 0. The zero-order chi connectivity index (χ0) is 25.1. The number of hydrogen-bond acceptors (Lipinski definition) is 6. The van der Waals surface area contributed by atoms with Gasteiger partial charge < -0.3 is 28.8 Å². The van der Waals surface area contributed by atoms with Gasteiger partial charge in [0, 0.05) is 17.3 Å². The van der Waals surface area contributed by atoms with Crippen LogP contribution in [0.4, 0.5) is 39.5 Å². The fourth-order valence-electron chi connectivity index (χ4n) is 0.799. The molecule has 0 fully saturated rings. The van der Waals surface area contributed by atoms with Crippen LogP contribution in [-0.4, -0.2) is 53.2 Å². The van der Waals surface area contributed by atoms with Crippen LogP contribution < -0.4 is 0 Å². The minimum absolute atomic E-state index is 0. The molecule has 0 bridgehead atoms. The van der Waals surface area contributed by atoms with E-state index in [0.717, 1.165) is 20.8 Å². The maximum atomic E-state index is 11.3. The Morgan fingerprint density at radius 2 is 0.581 bits per heavy atom. The minimum Gasteiger partial charge on any atom is -0.334 e. The van der Waals surface area contributed by atoms with E-state index in [1.165, 1.54) is 0 Å². The molecule has 0 aromatic carbocycles. The van der Waals surface area contributed by atoms with E-state index in [4.69, 9.17) is 0 Å². The van der Waals surface area contributed by atoms with Crippen LogP contribution >= 0.6 is 0 Å². The maximum Gasteiger partial charge on any atom is 3.00 e. The van der Waals surface area contributed by atoms with E-state index in [0.29, 0.717) is 0 Å². The van der Waals surface area contributed by atoms with Crippen molar-refractivity contribution in [2.45, 2.75) is 39.3 Å². The van der Waals surface area contributed by atoms with Crippen LogP contribution in [0.15, 0.2) is 0 Å². The molecule has 6 nitrogen and oxygen atoms in total. The Morgan fingerprint density at radius 3 is 0.613 bits per heavy atom. The normalized spacial score (nSPS) is 10.5. The third-order valence-electron chi connectivity index (χ3n) is 1.84. The Balaban J connectivity index is -0.000000174. The topological polar surface area (TPSA) is 102 Å². The van der Waals surface area contributed by atoms with Crippen molar-refractivity contribution in [3.63, 3.8) is 0 Å². The zero-order valence-corrected chi connectivity index (χ0v) is 17.1. The van der Waals surface area contributed by atoms with Crippen LogP contribution in [0.1, 0.15) is 20.8 Å². The molecule has 0 radical (unpaired) electrons. The van der Waals surface area contributed by atoms with E-state index in [1.807, 2.05) is 0 Å². The molecule has 0 aliphatic rings. The molecule has 0 unspecified atom stereocenters. The predicted octanol–water partition coefficient (Wildman–Crippen LogP) is 2.73. The Bertz CT molecular complexity index is 573. The third-order valence-corrected chi connectivity index (χ3v) is 1.84. The molecule has 0 atom stereocenters. The maximum absolute atomic E-state index is 11.3. The van der Waals surface area contributed by atoms with Gasteiger partial charge in [-0.05, 0) is 20.8 Å². The first kappa shape index (κ1) is 36.0. The molecular weight excluding hydrogens is 550 g/mol. The molecule has 0 aliphatic carbocycles. The third kappa shape index (κ3) is 23.8. The Morgan fingerprint density at radius 1 is 0.452 bits per heavy atom. The summed E-state index contributed by atoms with van der Waals surface area (Å²) >= 11 is 0. The van der Waals surface area contributed by atoms with Gasteiger partial charge in [0.2, 0.25) is 0 Å². The summed E-state index contributed by atoms with van der Waals surface area (Å²) in [6.07, 6.45) is -14.7. The first-order chi connectivity index (χ1) is 13.0. The van der Waals surface area contributed by atoms with Crippen LogP contribution in [-0.2, 0) is 48.2 Å². The average molecular weight is 562 g/mol. The van der Waals surface area contributed by atoms with Gasteiger partial charge in [0.15, 0.2) is 0 Å². The van der Waals surface area contributed by atoms with Crippen LogP contribution in [0.5, 0.6) is 0 Å². The minimum atomic E-state index is -4.92. The quantitative estimate of drug-likeness (QED) is 0.214. The summed E-state index contributed by atoms with van der Waals surface area (Å²) in [5, 5.41) is 0. The molecule has 0 amide bonds. The standard InChI is InChI=1S/3C5H4F3O2.Rh/c3*1-3(9)2-4(10)5(6,7)8;/h3*2H,1H3;/q3*-1;+3. The molecule has 0 aromatic heterocycles. The van der Waals surface area contributed by atoms with Gasteiger partial charge in [0.05, 0.1) is 0 Å². The summed E-state index contributed by atoms with van der Waals surface area (Å²) in [4.78, 5) is 59.4. The largest absolute Gasteiger partial charge is 3.00 e. The van der Waals surface area contributed by atoms with Crippen molar-refractivity contribution in [1.82, 2.24) is 0 Å². The molecule has 0 aromatic rings. The van der Waals surface area contributed by atoms with Gasteiger partial charge in [-0.2, -0.15) is 39.5 Å². The first-order valence-electron chi connectivity index (χ1n) is 6.91. The average Bonchev–Trinajstić information content (AvgIpc) is 2.43. The number of hydrogen-bond donors (Lipinski definition) is 0. The second kappa shape index (κ2) is 14.6. The molecular formula is C15H12F9O6Rh. The van der Waals surface area contributed by atoms with Crippen molar-refractivity contribution < 1.29 is 87.8 Å². The molecule has 0 rings (SSSR count). The molecule has 0 N–H and O–H groups in total. The van der Waals surface area contributed by atoms with Crippen LogP contribution in [0.25, 0.3) is 0 Å². The Hall–Kier alpha value is -2.38. The van der Waals surface area contributed by atoms with Crippen LogP contribution in [0.3, 0.4) is 0 Å². The molecule has 0 saturated heterocycles. The van der Waals surface area contributed by atoms with Crippen molar-refractivity contribution in [1.29, 1.82) is 0 Å². The SMILES string of the molecule is CC(=O)[CH-]C(=O)C(F)(F)F.CC(=O)[CH-]C(=O)C(F)(F)F.CC(=O)[CH-]C(=O)C(F)(F)F.[Rh+3]. The number of halogens is 9. The summed E-state index contributed by atoms with van der Waals surface area (Å²) < 4.78 is 101. The molecule has 0 saturated carbocycles. The molecule has 0 heterocycles. The van der Waals surface area contributed by atoms with Gasteiger partial charge in [0.1, 0.15) is 17.3 Å². The molecule has 16 heteroatoms. The van der Waals surface area contributed by atoms with Gasteiger partial charge in [-0.25, -0.2) is 0 Å². The van der Waals surface area contributed by atoms with E-state index in [9.17, 15) is 68.3 Å². The zero-order valence-electron chi connectivity index (χ0n) is 15.4. The Kier molecular flexibility index (Phi) is 17.0. The van der Waals surface area contributed by atoms with Gasteiger partial charge in [0.25, 0.3) is 0 Å². The number of Topliss-reactive ketones (excluding diaryl/α,β-unsaturated/α-hetero) is 6. The number of ketones is 6. The van der Waals surface area contributed by atoms with E-state index in [-0.39, 0.29) is 38.7 Å². The fraction of sp³-hybridized carbons (Fsp3) is 0.400. The van der Waals surface area contributed by atoms with Gasteiger partial charge in [-0.15, -0.1) is 0 Å². The summed E-state index contributed by atoms with van der Waals surface area (Å²) in [6, 6.07) is 0. The van der Waals surface area contributed by atoms with E-state index < -0.39 is 53.2 Å². The molecule has 31 heavy (non-hydrogen) atoms.